The molecule has 0 saturated carbocycles. The summed E-state index contributed by atoms with van der Waals surface area (Å²) in [6, 6.07) is -0.175. The molecule has 4 heterocycles. The third kappa shape index (κ3) is 3.76. The van der Waals surface area contributed by atoms with Gasteiger partial charge in [-0.25, -0.2) is 18.7 Å². The van der Waals surface area contributed by atoms with E-state index in [1.165, 1.54) is 0 Å². The van der Waals surface area contributed by atoms with Crippen molar-refractivity contribution in [3.05, 3.63) is 17.5 Å². The Bertz CT molecular complexity index is 762. The lowest BCUT2D eigenvalue weighted by atomic mass is 9.96. The molecule has 0 spiro atoms. The van der Waals surface area contributed by atoms with Crippen molar-refractivity contribution in [2.75, 3.05) is 18.4 Å². The molecule has 2 bridgehead atoms. The van der Waals surface area contributed by atoms with Crippen LogP contribution in [0.1, 0.15) is 48.2 Å². The van der Waals surface area contributed by atoms with Gasteiger partial charge in [-0.15, -0.1) is 0 Å². The van der Waals surface area contributed by atoms with Crippen molar-refractivity contribution < 1.29 is 31.5 Å². The minimum absolute atomic E-state index is 0.0840. The molecule has 0 radical (unpaired) electrons. The molecular formula is C17H19F5N4O2. The average Bonchev–Trinajstić information content (AvgIpc) is 3.23. The maximum atomic E-state index is 13.5. The predicted molar refractivity (Wildman–Crippen MR) is 87.0 cm³/mol. The zero-order chi connectivity index (χ0) is 20.1. The van der Waals surface area contributed by atoms with E-state index in [4.69, 9.17) is 4.74 Å². The van der Waals surface area contributed by atoms with Crippen LogP contribution in [0.25, 0.3) is 0 Å². The van der Waals surface area contributed by atoms with Crippen LogP contribution in [0, 0.1) is 0 Å². The summed E-state index contributed by atoms with van der Waals surface area (Å²) in [5.41, 5.74) is -2.09. The first-order valence-corrected chi connectivity index (χ1v) is 9.16. The highest BCUT2D eigenvalue weighted by Crippen LogP contribution is 2.37. The molecule has 11 heteroatoms. The monoisotopic (exact) mass is 406 g/mol. The number of alkyl halides is 5. The summed E-state index contributed by atoms with van der Waals surface area (Å²) in [6.45, 7) is -0.628. The molecule has 1 N–H and O–H groups in total. The standard InChI is InChI=1S/C17H19F5N4O2/c18-16(19)3-5-26(6-4-16)14(27)10-8-23-15(25-13(10)17(20,21)22)24-11-7-9-1-2-12(11)28-9/h8-9,11-12H,1-7H2,(H,23,24,25)/t9-,11+,12+/m0/s1. The lowest BCUT2D eigenvalue weighted by Gasteiger charge is -2.32. The van der Waals surface area contributed by atoms with Gasteiger partial charge in [0.05, 0.1) is 23.8 Å². The Morgan fingerprint density at radius 3 is 2.54 bits per heavy atom. The molecule has 0 aromatic carbocycles. The van der Waals surface area contributed by atoms with Crippen LogP contribution in [0.4, 0.5) is 27.9 Å². The van der Waals surface area contributed by atoms with Gasteiger partial charge in [0.1, 0.15) is 0 Å². The van der Waals surface area contributed by atoms with E-state index in [0.717, 1.165) is 23.9 Å². The van der Waals surface area contributed by atoms with E-state index < -0.39 is 42.1 Å². The van der Waals surface area contributed by atoms with E-state index in [1.54, 1.807) is 0 Å². The van der Waals surface area contributed by atoms with Crippen LogP contribution in [0.2, 0.25) is 0 Å². The minimum atomic E-state index is -4.88. The number of halogens is 5. The zero-order valence-electron chi connectivity index (χ0n) is 14.8. The number of aromatic nitrogens is 2. The zero-order valence-corrected chi connectivity index (χ0v) is 14.8. The van der Waals surface area contributed by atoms with Crippen LogP contribution in [0.5, 0.6) is 0 Å². The smallest absolute Gasteiger partial charge is 0.373 e. The molecule has 3 saturated heterocycles. The molecule has 1 aromatic rings. The fourth-order valence-corrected chi connectivity index (χ4v) is 3.99. The second kappa shape index (κ2) is 6.78. The number of anilines is 1. The first-order valence-electron chi connectivity index (χ1n) is 9.16. The second-order valence-electron chi connectivity index (χ2n) is 7.46. The van der Waals surface area contributed by atoms with Crippen LogP contribution < -0.4 is 5.32 Å². The highest BCUT2D eigenvalue weighted by atomic mass is 19.4. The lowest BCUT2D eigenvalue weighted by Crippen LogP contribution is -2.43. The summed E-state index contributed by atoms with van der Waals surface area (Å²) >= 11 is 0. The fraction of sp³-hybridized carbons (Fsp3) is 0.706. The van der Waals surface area contributed by atoms with Crippen LogP contribution in [-0.2, 0) is 10.9 Å². The van der Waals surface area contributed by atoms with Gasteiger partial charge in [0.25, 0.3) is 11.8 Å². The number of fused-ring (bicyclic) bond motifs is 2. The van der Waals surface area contributed by atoms with E-state index in [-0.39, 0.29) is 37.3 Å². The molecule has 3 fully saturated rings. The molecule has 28 heavy (non-hydrogen) atoms. The number of ether oxygens (including phenoxy) is 1. The van der Waals surface area contributed by atoms with Crippen molar-refractivity contribution in [3.8, 4) is 0 Å². The number of hydrogen-bond acceptors (Lipinski definition) is 5. The van der Waals surface area contributed by atoms with Crippen LogP contribution in [-0.4, -0.2) is 58.0 Å². The van der Waals surface area contributed by atoms with Crippen LogP contribution in [0.3, 0.4) is 0 Å². The summed E-state index contributed by atoms with van der Waals surface area (Å²) < 4.78 is 72.7. The summed E-state index contributed by atoms with van der Waals surface area (Å²) in [5, 5.41) is 2.87. The molecule has 4 rings (SSSR count). The number of nitrogens with zero attached hydrogens (tertiary/aromatic N) is 3. The summed E-state index contributed by atoms with van der Waals surface area (Å²) in [4.78, 5) is 20.9. The number of carbonyl (C=O) groups excluding carboxylic acids is 1. The summed E-state index contributed by atoms with van der Waals surface area (Å²) in [5.74, 6) is -4.12. The SMILES string of the molecule is O=C(c1cnc(N[C@@H]2C[C@@H]3CC[C@H]2O3)nc1C(F)(F)F)N1CCC(F)(F)CC1. The largest absolute Gasteiger partial charge is 0.434 e. The van der Waals surface area contributed by atoms with Gasteiger partial charge in [0.15, 0.2) is 5.69 Å². The number of rotatable bonds is 3. The molecule has 1 amide bonds. The van der Waals surface area contributed by atoms with E-state index in [0.29, 0.717) is 6.42 Å². The Balaban J connectivity index is 1.54. The molecule has 154 valence electrons. The Labute approximate surface area is 157 Å². The van der Waals surface area contributed by atoms with Gasteiger partial charge in [-0.1, -0.05) is 0 Å². The number of carbonyl (C=O) groups is 1. The molecule has 6 nitrogen and oxygen atoms in total. The van der Waals surface area contributed by atoms with Crippen molar-refractivity contribution in [3.63, 3.8) is 0 Å². The summed E-state index contributed by atoms with van der Waals surface area (Å²) in [6.07, 6.45) is -2.78. The van der Waals surface area contributed by atoms with E-state index in [2.05, 4.69) is 15.3 Å². The highest BCUT2D eigenvalue weighted by Gasteiger charge is 2.43. The van der Waals surface area contributed by atoms with Gasteiger partial charge >= 0.3 is 6.18 Å². The van der Waals surface area contributed by atoms with Crippen molar-refractivity contribution in [1.29, 1.82) is 0 Å². The number of piperidine rings is 1. The number of amides is 1. The summed E-state index contributed by atoms with van der Waals surface area (Å²) in [7, 11) is 0. The Morgan fingerprint density at radius 2 is 1.96 bits per heavy atom. The van der Waals surface area contributed by atoms with Crippen LogP contribution in [0.15, 0.2) is 6.20 Å². The molecule has 1 aromatic heterocycles. The second-order valence-corrected chi connectivity index (χ2v) is 7.46. The van der Waals surface area contributed by atoms with Crippen molar-refractivity contribution in [1.82, 2.24) is 14.9 Å². The lowest BCUT2D eigenvalue weighted by molar-refractivity contribution is -0.141. The van der Waals surface area contributed by atoms with Crippen molar-refractivity contribution in [2.24, 2.45) is 0 Å². The maximum absolute atomic E-state index is 13.5. The quantitative estimate of drug-likeness (QED) is 0.782. The van der Waals surface area contributed by atoms with Gasteiger partial charge in [0.2, 0.25) is 5.95 Å². The average molecular weight is 406 g/mol. The number of hydrogen-bond donors (Lipinski definition) is 1. The Kier molecular flexibility index (Phi) is 4.67. The predicted octanol–water partition coefficient (Wildman–Crippen LogP) is 3.10. The van der Waals surface area contributed by atoms with Gasteiger partial charge in [-0.05, 0) is 19.3 Å². The first-order chi connectivity index (χ1) is 13.1. The third-order valence-electron chi connectivity index (χ3n) is 5.49. The van der Waals surface area contributed by atoms with Gasteiger partial charge in [-0.3, -0.25) is 4.79 Å². The maximum Gasteiger partial charge on any atom is 0.434 e. The minimum Gasteiger partial charge on any atom is -0.373 e. The topological polar surface area (TPSA) is 67.3 Å². The van der Waals surface area contributed by atoms with E-state index in [9.17, 15) is 26.7 Å². The van der Waals surface area contributed by atoms with Gasteiger partial charge in [-0.2, -0.15) is 13.2 Å². The third-order valence-corrected chi connectivity index (χ3v) is 5.49. The van der Waals surface area contributed by atoms with E-state index in [1.807, 2.05) is 0 Å². The van der Waals surface area contributed by atoms with Gasteiger partial charge in [0, 0.05) is 32.1 Å². The van der Waals surface area contributed by atoms with E-state index >= 15 is 0 Å². The first kappa shape index (κ1) is 19.3. The fourth-order valence-electron chi connectivity index (χ4n) is 3.99. The number of likely N-dealkylation sites (tertiary alicyclic amines) is 1. The molecule has 3 aliphatic heterocycles. The van der Waals surface area contributed by atoms with Gasteiger partial charge < -0.3 is 15.0 Å². The molecular weight excluding hydrogens is 387 g/mol. The number of nitrogens with one attached hydrogen (secondary N) is 1. The Morgan fingerprint density at radius 1 is 1.25 bits per heavy atom. The molecule has 0 aliphatic carbocycles. The van der Waals surface area contributed by atoms with Crippen molar-refractivity contribution in [2.45, 2.75) is 62.5 Å². The Hall–Kier alpha value is -2.04. The molecule has 0 unspecified atom stereocenters. The molecule has 3 atom stereocenters. The highest BCUT2D eigenvalue weighted by molar-refractivity contribution is 5.95. The molecule has 3 aliphatic rings. The van der Waals surface area contributed by atoms with Crippen LogP contribution >= 0.6 is 0 Å². The normalized spacial score (nSPS) is 29.2. The van der Waals surface area contributed by atoms with Crippen molar-refractivity contribution >= 4 is 11.9 Å².